The molecule has 0 bridgehead atoms. The number of rotatable bonds is 1. The second-order valence-electron chi connectivity index (χ2n) is 2.30. The third-order valence-electron chi connectivity index (χ3n) is 1.02. The van der Waals surface area contributed by atoms with Crippen LogP contribution in [0.5, 0.6) is 0 Å². The number of hydrogen-bond acceptors (Lipinski definition) is 4. The van der Waals surface area contributed by atoms with Crippen LogP contribution in [0.1, 0.15) is 13.8 Å². The van der Waals surface area contributed by atoms with Gasteiger partial charge in [0.2, 0.25) is 0 Å². The Hall–Kier alpha value is -0.160. The Balaban J connectivity index is 4.02. The maximum atomic E-state index is 8.76. The van der Waals surface area contributed by atoms with E-state index in [9.17, 15) is 0 Å². The Bertz CT molecular complexity index is 67.0. The first kappa shape index (κ1) is 7.84. The molecule has 0 aliphatic heterocycles. The minimum absolute atomic E-state index is 1.23. The van der Waals surface area contributed by atoms with Crippen LogP contribution < -0.4 is 11.5 Å². The normalized spacial score (nSPS) is 26.2. The van der Waals surface area contributed by atoms with Gasteiger partial charge in [0.15, 0.2) is 11.4 Å². The van der Waals surface area contributed by atoms with Crippen LogP contribution in [0.25, 0.3) is 0 Å². The maximum Gasteiger partial charge on any atom is 0.152 e. The molecule has 0 fully saturated rings. The van der Waals surface area contributed by atoms with E-state index in [2.05, 4.69) is 0 Å². The molecule has 0 aromatic rings. The van der Waals surface area contributed by atoms with Crippen molar-refractivity contribution in [2.75, 3.05) is 0 Å². The van der Waals surface area contributed by atoms with E-state index in [1.165, 1.54) is 13.8 Å². The summed E-state index contributed by atoms with van der Waals surface area (Å²) in [6.07, 6.45) is 0. The van der Waals surface area contributed by atoms with Crippen molar-refractivity contribution in [2.45, 2.75) is 25.3 Å². The highest BCUT2D eigenvalue weighted by Gasteiger charge is 2.33. The molecule has 0 aromatic heterocycles. The van der Waals surface area contributed by atoms with Gasteiger partial charge in [-0.25, -0.2) is 0 Å². The Kier molecular flexibility index (Phi) is 1.63. The average molecular weight is 120 g/mol. The molecule has 0 radical (unpaired) electrons. The van der Waals surface area contributed by atoms with Crippen LogP contribution in [-0.2, 0) is 0 Å². The second-order valence-corrected chi connectivity index (χ2v) is 2.30. The molecular formula is C4H12N2O2. The van der Waals surface area contributed by atoms with Crippen LogP contribution in [0.2, 0.25) is 0 Å². The van der Waals surface area contributed by atoms with Gasteiger partial charge in [-0.3, -0.25) is 0 Å². The summed E-state index contributed by atoms with van der Waals surface area (Å²) in [6.45, 7) is 2.46. The largest absolute Gasteiger partial charge is 0.372 e. The molecule has 0 amide bonds. The molecule has 2 unspecified atom stereocenters. The standard InChI is InChI=1S/C4H12N2O2/c1-3(5,7)4(2,6)8/h7-8H,5-6H2,1-2H3. The lowest BCUT2D eigenvalue weighted by atomic mass is 10.1. The summed E-state index contributed by atoms with van der Waals surface area (Å²) in [4.78, 5) is 0. The van der Waals surface area contributed by atoms with E-state index in [0.29, 0.717) is 0 Å². The van der Waals surface area contributed by atoms with Crippen molar-refractivity contribution in [3.63, 3.8) is 0 Å². The van der Waals surface area contributed by atoms with Gasteiger partial charge in [-0.05, 0) is 13.8 Å². The highest BCUT2D eigenvalue weighted by atomic mass is 16.4. The van der Waals surface area contributed by atoms with Crippen molar-refractivity contribution in [2.24, 2.45) is 11.5 Å². The first-order chi connectivity index (χ1) is 3.25. The number of nitrogens with two attached hydrogens (primary N) is 2. The SMILES string of the molecule is CC(N)(O)C(C)(N)O. The molecule has 0 heterocycles. The first-order valence-corrected chi connectivity index (χ1v) is 2.27. The van der Waals surface area contributed by atoms with Gasteiger partial charge in [-0.1, -0.05) is 0 Å². The van der Waals surface area contributed by atoms with E-state index < -0.39 is 11.4 Å². The second kappa shape index (κ2) is 1.66. The summed E-state index contributed by atoms with van der Waals surface area (Å²) in [5.74, 6) is 0. The lowest BCUT2D eigenvalue weighted by Gasteiger charge is -2.30. The van der Waals surface area contributed by atoms with Crippen molar-refractivity contribution >= 4 is 0 Å². The molecule has 0 aromatic carbocycles. The molecule has 4 heteroatoms. The van der Waals surface area contributed by atoms with E-state index in [4.69, 9.17) is 21.7 Å². The van der Waals surface area contributed by atoms with Gasteiger partial charge in [-0.2, -0.15) is 0 Å². The number of hydrogen-bond donors (Lipinski definition) is 4. The van der Waals surface area contributed by atoms with Gasteiger partial charge in [0.1, 0.15) is 0 Å². The van der Waals surface area contributed by atoms with Gasteiger partial charge < -0.3 is 21.7 Å². The van der Waals surface area contributed by atoms with E-state index >= 15 is 0 Å². The third kappa shape index (κ3) is 1.75. The van der Waals surface area contributed by atoms with Gasteiger partial charge in [0, 0.05) is 0 Å². The zero-order chi connectivity index (χ0) is 7.00. The van der Waals surface area contributed by atoms with Crippen molar-refractivity contribution < 1.29 is 10.2 Å². The molecule has 8 heavy (non-hydrogen) atoms. The molecule has 6 N–H and O–H groups in total. The molecule has 0 spiro atoms. The van der Waals surface area contributed by atoms with Crippen molar-refractivity contribution in [1.82, 2.24) is 0 Å². The molecule has 50 valence electrons. The molecule has 0 saturated heterocycles. The minimum Gasteiger partial charge on any atom is -0.372 e. The quantitative estimate of drug-likeness (QED) is 0.311. The zero-order valence-electron chi connectivity index (χ0n) is 5.05. The van der Waals surface area contributed by atoms with E-state index in [-0.39, 0.29) is 0 Å². The molecular weight excluding hydrogens is 108 g/mol. The first-order valence-electron chi connectivity index (χ1n) is 2.27. The summed E-state index contributed by atoms with van der Waals surface area (Å²) in [7, 11) is 0. The van der Waals surface area contributed by atoms with E-state index in [1.807, 2.05) is 0 Å². The highest BCUT2D eigenvalue weighted by molar-refractivity contribution is 4.81. The highest BCUT2D eigenvalue weighted by Crippen LogP contribution is 2.07. The van der Waals surface area contributed by atoms with E-state index in [0.717, 1.165) is 0 Å². The van der Waals surface area contributed by atoms with Crippen LogP contribution in [0.3, 0.4) is 0 Å². The van der Waals surface area contributed by atoms with Gasteiger partial charge in [0.05, 0.1) is 0 Å². The van der Waals surface area contributed by atoms with Crippen molar-refractivity contribution in [3.8, 4) is 0 Å². The summed E-state index contributed by atoms with van der Waals surface area (Å²) in [6, 6.07) is 0. The molecule has 0 aliphatic rings. The Labute approximate surface area is 48.1 Å². The maximum absolute atomic E-state index is 8.76. The fourth-order valence-corrected chi connectivity index (χ4v) is 0. The smallest absolute Gasteiger partial charge is 0.152 e. The average Bonchev–Trinajstić information content (AvgIpc) is 1.25. The van der Waals surface area contributed by atoms with Gasteiger partial charge >= 0.3 is 0 Å². The Morgan fingerprint density at radius 1 is 1.00 bits per heavy atom. The van der Waals surface area contributed by atoms with Crippen LogP contribution in [0, 0.1) is 0 Å². The number of aliphatic hydroxyl groups is 2. The molecule has 4 nitrogen and oxygen atoms in total. The third-order valence-corrected chi connectivity index (χ3v) is 1.02. The molecule has 0 aliphatic carbocycles. The van der Waals surface area contributed by atoms with Gasteiger partial charge in [-0.15, -0.1) is 0 Å². The van der Waals surface area contributed by atoms with Crippen LogP contribution in [0.4, 0.5) is 0 Å². The summed E-state index contributed by atoms with van der Waals surface area (Å²) in [5, 5.41) is 17.5. The molecule has 0 rings (SSSR count). The van der Waals surface area contributed by atoms with Crippen molar-refractivity contribution in [3.05, 3.63) is 0 Å². The monoisotopic (exact) mass is 120 g/mol. The topological polar surface area (TPSA) is 92.5 Å². The Morgan fingerprint density at radius 3 is 1.12 bits per heavy atom. The summed E-state index contributed by atoms with van der Waals surface area (Å²) < 4.78 is 0. The summed E-state index contributed by atoms with van der Waals surface area (Å²) >= 11 is 0. The summed E-state index contributed by atoms with van der Waals surface area (Å²) in [5.41, 5.74) is 6.53. The van der Waals surface area contributed by atoms with Gasteiger partial charge in [0.25, 0.3) is 0 Å². The van der Waals surface area contributed by atoms with Crippen LogP contribution >= 0.6 is 0 Å². The van der Waals surface area contributed by atoms with Crippen LogP contribution in [-0.4, -0.2) is 21.7 Å². The predicted octanol–water partition coefficient (Wildman–Crippen LogP) is -1.68. The fraction of sp³-hybridized carbons (Fsp3) is 1.00. The fourth-order valence-electron chi connectivity index (χ4n) is 0. The predicted molar refractivity (Wildman–Crippen MR) is 29.6 cm³/mol. The van der Waals surface area contributed by atoms with E-state index in [1.54, 1.807) is 0 Å². The molecule has 0 saturated carbocycles. The Morgan fingerprint density at radius 2 is 1.12 bits per heavy atom. The lowest BCUT2D eigenvalue weighted by Crippen LogP contribution is -2.62. The minimum atomic E-state index is -1.73. The lowest BCUT2D eigenvalue weighted by molar-refractivity contribution is -0.123. The zero-order valence-corrected chi connectivity index (χ0v) is 5.05. The molecule has 2 atom stereocenters. The van der Waals surface area contributed by atoms with Crippen molar-refractivity contribution in [1.29, 1.82) is 0 Å². The van der Waals surface area contributed by atoms with Crippen LogP contribution in [0.15, 0.2) is 0 Å².